The Bertz CT molecular complexity index is 592. The number of nitrogens with zero attached hydrogens (tertiary/aromatic N) is 1. The molecule has 2 heteroatoms. The largest absolute Gasteiger partial charge is 0.325 e. The number of rotatable bonds is 2. The molecule has 0 aliphatic rings. The fourth-order valence-electron chi connectivity index (χ4n) is 2.61. The monoisotopic (exact) mass is 242 g/mol. The molecule has 0 saturated carbocycles. The van der Waals surface area contributed by atoms with Crippen LogP contribution in [0.1, 0.15) is 36.2 Å². The van der Waals surface area contributed by atoms with Crippen LogP contribution in [0.4, 0.5) is 0 Å². The van der Waals surface area contributed by atoms with Gasteiger partial charge in [-0.3, -0.25) is 4.98 Å². The maximum absolute atomic E-state index is 6.08. The summed E-state index contributed by atoms with van der Waals surface area (Å²) in [7, 11) is 0. The van der Waals surface area contributed by atoms with Crippen LogP contribution >= 0.6 is 0 Å². The summed E-state index contributed by atoms with van der Waals surface area (Å²) in [6.07, 6.45) is 0.802. The molecule has 0 unspecified atom stereocenters. The van der Waals surface area contributed by atoms with Crippen LogP contribution in [-0.4, -0.2) is 10.5 Å². The van der Waals surface area contributed by atoms with Gasteiger partial charge in [-0.05, 0) is 63.4 Å². The van der Waals surface area contributed by atoms with Crippen molar-refractivity contribution in [3.05, 3.63) is 40.6 Å². The number of aromatic nitrogens is 1. The Labute approximate surface area is 109 Å². The van der Waals surface area contributed by atoms with Crippen molar-refractivity contribution in [3.8, 4) is 0 Å². The van der Waals surface area contributed by atoms with Gasteiger partial charge in [-0.1, -0.05) is 6.07 Å². The Hall–Kier alpha value is -1.41. The first kappa shape index (κ1) is 13.0. The van der Waals surface area contributed by atoms with Crippen molar-refractivity contribution in [1.82, 2.24) is 4.98 Å². The lowest BCUT2D eigenvalue weighted by molar-refractivity contribution is 0.511. The fourth-order valence-corrected chi connectivity index (χ4v) is 2.61. The Morgan fingerprint density at radius 1 is 1.06 bits per heavy atom. The second-order valence-electron chi connectivity index (χ2n) is 6.07. The summed E-state index contributed by atoms with van der Waals surface area (Å²) in [6.45, 7) is 10.5. The summed E-state index contributed by atoms with van der Waals surface area (Å²) in [5.41, 5.74) is 11.9. The number of hydrogen-bond donors (Lipinski definition) is 1. The molecular formula is C16H22N2. The van der Waals surface area contributed by atoms with Gasteiger partial charge in [-0.2, -0.15) is 0 Å². The second kappa shape index (κ2) is 4.36. The molecule has 0 atom stereocenters. The quantitative estimate of drug-likeness (QED) is 0.876. The molecule has 2 N–H and O–H groups in total. The molecule has 1 heterocycles. The van der Waals surface area contributed by atoms with Gasteiger partial charge in [0.25, 0.3) is 0 Å². The molecule has 96 valence electrons. The highest BCUT2D eigenvalue weighted by Crippen LogP contribution is 2.24. The van der Waals surface area contributed by atoms with Crippen LogP contribution < -0.4 is 5.73 Å². The third-order valence-corrected chi connectivity index (χ3v) is 3.14. The van der Waals surface area contributed by atoms with Crippen molar-refractivity contribution < 1.29 is 0 Å². The summed E-state index contributed by atoms with van der Waals surface area (Å²) in [6, 6.07) is 6.53. The summed E-state index contributed by atoms with van der Waals surface area (Å²) < 4.78 is 0. The third-order valence-electron chi connectivity index (χ3n) is 3.14. The third kappa shape index (κ3) is 2.70. The van der Waals surface area contributed by atoms with Crippen LogP contribution in [0.25, 0.3) is 10.9 Å². The van der Waals surface area contributed by atoms with E-state index in [-0.39, 0.29) is 5.54 Å². The number of benzene rings is 1. The van der Waals surface area contributed by atoms with E-state index in [1.807, 2.05) is 13.8 Å². The highest BCUT2D eigenvalue weighted by molar-refractivity contribution is 5.86. The molecule has 1 aromatic carbocycles. The number of pyridine rings is 1. The first-order chi connectivity index (χ1) is 8.26. The molecular weight excluding hydrogens is 220 g/mol. The van der Waals surface area contributed by atoms with Crippen molar-refractivity contribution >= 4 is 10.9 Å². The van der Waals surface area contributed by atoms with E-state index in [2.05, 4.69) is 39.0 Å². The van der Waals surface area contributed by atoms with Crippen LogP contribution in [0.2, 0.25) is 0 Å². The van der Waals surface area contributed by atoms with Crippen molar-refractivity contribution in [2.24, 2.45) is 5.73 Å². The molecule has 0 fully saturated rings. The molecule has 0 bridgehead atoms. The standard InChI is InChI=1S/C16H22N2/c1-10-6-11(2)15-12(3)8-13(9-16(4,5)17)18-14(15)7-10/h6-8H,9,17H2,1-5H3. The lowest BCUT2D eigenvalue weighted by Gasteiger charge is -2.19. The molecule has 0 spiro atoms. The van der Waals surface area contributed by atoms with Gasteiger partial charge in [0.05, 0.1) is 5.52 Å². The Morgan fingerprint density at radius 2 is 1.67 bits per heavy atom. The summed E-state index contributed by atoms with van der Waals surface area (Å²) in [5.74, 6) is 0. The van der Waals surface area contributed by atoms with E-state index in [0.717, 1.165) is 17.6 Å². The normalized spacial score (nSPS) is 12.1. The Morgan fingerprint density at radius 3 is 2.28 bits per heavy atom. The van der Waals surface area contributed by atoms with E-state index in [4.69, 9.17) is 10.7 Å². The van der Waals surface area contributed by atoms with E-state index in [1.54, 1.807) is 0 Å². The number of fused-ring (bicyclic) bond motifs is 1. The van der Waals surface area contributed by atoms with Gasteiger partial charge in [0, 0.05) is 23.0 Å². The van der Waals surface area contributed by atoms with E-state index >= 15 is 0 Å². The maximum atomic E-state index is 6.08. The lowest BCUT2D eigenvalue weighted by Crippen LogP contribution is -2.34. The summed E-state index contributed by atoms with van der Waals surface area (Å²) in [5, 5.41) is 1.28. The number of aryl methyl sites for hydroxylation is 3. The first-order valence-corrected chi connectivity index (χ1v) is 6.43. The number of nitrogens with two attached hydrogens (primary N) is 1. The predicted octanol–water partition coefficient (Wildman–Crippen LogP) is 3.44. The van der Waals surface area contributed by atoms with Gasteiger partial charge < -0.3 is 5.73 Å². The molecule has 0 radical (unpaired) electrons. The van der Waals surface area contributed by atoms with Crippen molar-refractivity contribution in [2.45, 2.75) is 46.6 Å². The van der Waals surface area contributed by atoms with Gasteiger partial charge in [-0.25, -0.2) is 0 Å². The molecule has 0 amide bonds. The molecule has 2 rings (SSSR count). The fraction of sp³-hybridized carbons (Fsp3) is 0.438. The maximum Gasteiger partial charge on any atom is 0.0713 e. The average Bonchev–Trinajstić information content (AvgIpc) is 2.11. The zero-order valence-electron chi connectivity index (χ0n) is 12.0. The highest BCUT2D eigenvalue weighted by Gasteiger charge is 2.14. The lowest BCUT2D eigenvalue weighted by atomic mass is 9.96. The van der Waals surface area contributed by atoms with E-state index in [0.29, 0.717) is 0 Å². The Balaban J connectivity index is 2.62. The van der Waals surface area contributed by atoms with E-state index in [1.165, 1.54) is 22.1 Å². The van der Waals surface area contributed by atoms with Gasteiger partial charge in [0.15, 0.2) is 0 Å². The second-order valence-corrected chi connectivity index (χ2v) is 6.07. The van der Waals surface area contributed by atoms with Gasteiger partial charge in [0.2, 0.25) is 0 Å². The highest BCUT2D eigenvalue weighted by atomic mass is 14.8. The molecule has 0 aliphatic heterocycles. The van der Waals surface area contributed by atoms with Crippen LogP contribution in [0.5, 0.6) is 0 Å². The van der Waals surface area contributed by atoms with Gasteiger partial charge >= 0.3 is 0 Å². The summed E-state index contributed by atoms with van der Waals surface area (Å²) >= 11 is 0. The van der Waals surface area contributed by atoms with Crippen LogP contribution in [-0.2, 0) is 6.42 Å². The minimum absolute atomic E-state index is 0.216. The van der Waals surface area contributed by atoms with E-state index < -0.39 is 0 Å². The van der Waals surface area contributed by atoms with E-state index in [9.17, 15) is 0 Å². The predicted molar refractivity (Wildman–Crippen MR) is 77.9 cm³/mol. The van der Waals surface area contributed by atoms with Crippen molar-refractivity contribution in [2.75, 3.05) is 0 Å². The smallest absolute Gasteiger partial charge is 0.0713 e. The minimum Gasteiger partial charge on any atom is -0.325 e. The van der Waals surface area contributed by atoms with Crippen molar-refractivity contribution in [1.29, 1.82) is 0 Å². The van der Waals surface area contributed by atoms with Crippen LogP contribution in [0.15, 0.2) is 18.2 Å². The molecule has 18 heavy (non-hydrogen) atoms. The molecule has 0 saturated heterocycles. The average molecular weight is 242 g/mol. The topological polar surface area (TPSA) is 38.9 Å². The minimum atomic E-state index is -0.216. The van der Waals surface area contributed by atoms with Gasteiger partial charge in [-0.15, -0.1) is 0 Å². The zero-order chi connectivity index (χ0) is 13.5. The molecule has 0 aliphatic carbocycles. The first-order valence-electron chi connectivity index (χ1n) is 6.43. The molecule has 2 aromatic rings. The van der Waals surface area contributed by atoms with Gasteiger partial charge in [0.1, 0.15) is 0 Å². The summed E-state index contributed by atoms with van der Waals surface area (Å²) in [4.78, 5) is 4.76. The number of hydrogen-bond acceptors (Lipinski definition) is 2. The van der Waals surface area contributed by atoms with Crippen LogP contribution in [0, 0.1) is 20.8 Å². The SMILES string of the molecule is Cc1cc(C)c2c(C)cc(CC(C)(C)N)nc2c1. The van der Waals surface area contributed by atoms with Crippen LogP contribution in [0.3, 0.4) is 0 Å². The zero-order valence-corrected chi connectivity index (χ0v) is 12.0. The molecule has 2 nitrogen and oxygen atoms in total. The molecule has 1 aromatic heterocycles. The van der Waals surface area contributed by atoms with Crippen molar-refractivity contribution in [3.63, 3.8) is 0 Å². The Kier molecular flexibility index (Phi) is 3.16.